The Morgan fingerprint density at radius 2 is 2.05 bits per heavy atom. The molecule has 1 N–H and O–H groups in total. The standard InChI is InChI=1S/C13H19N3O4S/c1-4-15(5-2)12(20)9(3)16-7-6-10(17)14-13(16)21-8-11(18)19/h6-7,9H,4-5,8H2,1-3H3,(H,18,19). The van der Waals surface area contributed by atoms with Gasteiger partial charge in [0.1, 0.15) is 6.04 Å². The average molecular weight is 313 g/mol. The molecule has 1 rings (SSSR count). The maximum Gasteiger partial charge on any atom is 0.313 e. The molecule has 0 saturated carbocycles. The first-order chi connectivity index (χ1) is 9.90. The number of carbonyl (C=O) groups excluding carboxylic acids is 1. The first-order valence-corrected chi connectivity index (χ1v) is 7.61. The van der Waals surface area contributed by atoms with Crippen LogP contribution in [0.25, 0.3) is 0 Å². The van der Waals surface area contributed by atoms with Crippen LogP contribution in [-0.4, -0.2) is 50.3 Å². The van der Waals surface area contributed by atoms with E-state index >= 15 is 0 Å². The fourth-order valence-electron chi connectivity index (χ4n) is 1.84. The van der Waals surface area contributed by atoms with Crippen LogP contribution in [0.15, 0.2) is 22.2 Å². The van der Waals surface area contributed by atoms with Crippen LogP contribution in [0.1, 0.15) is 26.8 Å². The molecule has 21 heavy (non-hydrogen) atoms. The lowest BCUT2D eigenvalue weighted by molar-refractivity contribution is -0.134. The Kier molecular flexibility index (Phi) is 6.41. The van der Waals surface area contributed by atoms with Gasteiger partial charge in [-0.1, -0.05) is 11.8 Å². The number of hydrogen-bond donors (Lipinski definition) is 1. The number of aliphatic carboxylic acids is 1. The molecule has 1 aromatic rings. The number of carbonyl (C=O) groups is 2. The van der Waals surface area contributed by atoms with E-state index in [0.717, 1.165) is 11.8 Å². The highest BCUT2D eigenvalue weighted by molar-refractivity contribution is 7.99. The summed E-state index contributed by atoms with van der Waals surface area (Å²) in [6, 6.07) is 0.714. The maximum atomic E-state index is 12.4. The van der Waals surface area contributed by atoms with E-state index in [1.165, 1.54) is 16.8 Å². The number of nitrogens with zero attached hydrogens (tertiary/aromatic N) is 3. The minimum absolute atomic E-state index is 0.0948. The average Bonchev–Trinajstić information content (AvgIpc) is 2.45. The minimum atomic E-state index is -1.01. The summed E-state index contributed by atoms with van der Waals surface area (Å²) in [6.07, 6.45) is 1.48. The Balaban J connectivity index is 3.07. The van der Waals surface area contributed by atoms with Crippen LogP contribution in [-0.2, 0) is 9.59 Å². The molecule has 0 fully saturated rings. The number of rotatable bonds is 7. The third-order valence-corrected chi connectivity index (χ3v) is 3.93. The smallest absolute Gasteiger partial charge is 0.313 e. The number of likely N-dealkylation sites (N-methyl/N-ethyl adjacent to an activating group) is 1. The van der Waals surface area contributed by atoms with Crippen LogP contribution in [0, 0.1) is 0 Å². The Hall–Kier alpha value is -1.83. The van der Waals surface area contributed by atoms with E-state index in [-0.39, 0.29) is 16.8 Å². The van der Waals surface area contributed by atoms with Gasteiger partial charge in [-0.15, -0.1) is 0 Å². The molecule has 0 aromatic carbocycles. The van der Waals surface area contributed by atoms with Gasteiger partial charge in [0.05, 0.1) is 5.75 Å². The van der Waals surface area contributed by atoms with E-state index in [4.69, 9.17) is 5.11 Å². The third-order valence-electron chi connectivity index (χ3n) is 2.98. The fourth-order valence-corrected chi connectivity index (χ4v) is 2.62. The highest BCUT2D eigenvalue weighted by atomic mass is 32.2. The summed E-state index contributed by atoms with van der Waals surface area (Å²) in [7, 11) is 0. The second-order valence-electron chi connectivity index (χ2n) is 4.32. The van der Waals surface area contributed by atoms with Crippen LogP contribution < -0.4 is 5.56 Å². The Morgan fingerprint density at radius 1 is 1.43 bits per heavy atom. The Labute approximate surface area is 127 Å². The SMILES string of the molecule is CCN(CC)C(=O)C(C)n1ccc(=O)nc1SCC(=O)O. The van der Waals surface area contributed by atoms with Crippen LogP contribution in [0.3, 0.4) is 0 Å². The lowest BCUT2D eigenvalue weighted by Gasteiger charge is -2.25. The van der Waals surface area contributed by atoms with Crippen molar-refractivity contribution < 1.29 is 14.7 Å². The molecule has 1 heterocycles. The lowest BCUT2D eigenvalue weighted by Crippen LogP contribution is -2.36. The van der Waals surface area contributed by atoms with Gasteiger partial charge >= 0.3 is 5.97 Å². The number of carboxylic acids is 1. The highest BCUT2D eigenvalue weighted by Crippen LogP contribution is 2.19. The molecule has 0 saturated heterocycles. The molecule has 1 unspecified atom stereocenters. The normalized spacial score (nSPS) is 12.0. The van der Waals surface area contributed by atoms with Gasteiger partial charge in [0.25, 0.3) is 5.56 Å². The molecule has 0 radical (unpaired) electrons. The summed E-state index contributed by atoms with van der Waals surface area (Å²) >= 11 is 0.924. The van der Waals surface area contributed by atoms with E-state index in [0.29, 0.717) is 13.1 Å². The van der Waals surface area contributed by atoms with E-state index in [1.54, 1.807) is 11.8 Å². The molecular formula is C13H19N3O4S. The lowest BCUT2D eigenvalue weighted by atomic mass is 10.2. The molecule has 7 nitrogen and oxygen atoms in total. The minimum Gasteiger partial charge on any atom is -0.481 e. The van der Waals surface area contributed by atoms with Gasteiger partial charge in [-0.3, -0.25) is 14.4 Å². The molecule has 0 aliphatic heterocycles. The number of hydrogen-bond acceptors (Lipinski definition) is 5. The molecule has 0 bridgehead atoms. The predicted molar refractivity (Wildman–Crippen MR) is 79.5 cm³/mol. The summed E-state index contributed by atoms with van der Waals surface area (Å²) in [5, 5.41) is 8.97. The zero-order valence-electron chi connectivity index (χ0n) is 12.3. The quantitative estimate of drug-likeness (QED) is 0.592. The summed E-state index contributed by atoms with van der Waals surface area (Å²) in [6.45, 7) is 6.66. The largest absolute Gasteiger partial charge is 0.481 e. The first-order valence-electron chi connectivity index (χ1n) is 6.63. The number of aromatic nitrogens is 2. The van der Waals surface area contributed by atoms with Crippen molar-refractivity contribution in [2.75, 3.05) is 18.8 Å². The summed E-state index contributed by atoms with van der Waals surface area (Å²) in [5.74, 6) is -1.32. The fraction of sp³-hybridized carbons (Fsp3) is 0.538. The van der Waals surface area contributed by atoms with Gasteiger partial charge < -0.3 is 14.6 Å². The number of carboxylic acid groups (broad SMARTS) is 1. The van der Waals surface area contributed by atoms with Gasteiger partial charge in [-0.2, -0.15) is 4.98 Å². The van der Waals surface area contributed by atoms with Gasteiger partial charge in [0.2, 0.25) is 5.91 Å². The number of thioether (sulfide) groups is 1. The molecule has 1 atom stereocenters. The summed E-state index contributed by atoms with van der Waals surface area (Å²) < 4.78 is 1.54. The van der Waals surface area contributed by atoms with Crippen LogP contribution >= 0.6 is 11.8 Å². The topological polar surface area (TPSA) is 92.5 Å². The van der Waals surface area contributed by atoms with E-state index in [2.05, 4.69) is 4.98 Å². The Morgan fingerprint density at radius 3 is 2.57 bits per heavy atom. The van der Waals surface area contributed by atoms with Gasteiger partial charge in [-0.05, 0) is 20.8 Å². The second kappa shape index (κ2) is 7.82. The zero-order chi connectivity index (χ0) is 16.0. The predicted octanol–water partition coefficient (Wildman–Crippen LogP) is 0.849. The van der Waals surface area contributed by atoms with Gasteiger partial charge in [-0.25, -0.2) is 0 Å². The van der Waals surface area contributed by atoms with E-state index < -0.39 is 17.6 Å². The van der Waals surface area contributed by atoms with Crippen LogP contribution in [0.4, 0.5) is 0 Å². The van der Waals surface area contributed by atoms with Gasteiger partial charge in [0.15, 0.2) is 5.16 Å². The maximum absolute atomic E-state index is 12.4. The van der Waals surface area contributed by atoms with Crippen molar-refractivity contribution in [3.8, 4) is 0 Å². The van der Waals surface area contributed by atoms with Crippen molar-refractivity contribution in [1.29, 1.82) is 0 Å². The van der Waals surface area contributed by atoms with Crippen molar-refractivity contribution in [3.05, 3.63) is 22.6 Å². The van der Waals surface area contributed by atoms with Gasteiger partial charge in [0, 0.05) is 25.4 Å². The molecule has 0 spiro atoms. The summed E-state index contributed by atoms with van der Waals surface area (Å²) in [4.78, 5) is 39.8. The molecule has 1 amide bonds. The monoisotopic (exact) mass is 313 g/mol. The van der Waals surface area contributed by atoms with Crippen LogP contribution in [0.5, 0.6) is 0 Å². The molecular weight excluding hydrogens is 294 g/mol. The second-order valence-corrected chi connectivity index (χ2v) is 5.27. The van der Waals surface area contributed by atoms with Crippen molar-refractivity contribution in [3.63, 3.8) is 0 Å². The van der Waals surface area contributed by atoms with Crippen molar-refractivity contribution in [2.45, 2.75) is 32.0 Å². The van der Waals surface area contributed by atoms with Crippen molar-refractivity contribution in [2.24, 2.45) is 0 Å². The molecule has 8 heteroatoms. The van der Waals surface area contributed by atoms with Crippen molar-refractivity contribution >= 4 is 23.6 Å². The molecule has 0 aliphatic carbocycles. The molecule has 0 aliphatic rings. The molecule has 116 valence electrons. The first kappa shape index (κ1) is 17.2. The molecule has 1 aromatic heterocycles. The zero-order valence-corrected chi connectivity index (χ0v) is 13.1. The van der Waals surface area contributed by atoms with E-state index in [1.807, 2.05) is 13.8 Å². The Bertz CT molecular complexity index is 569. The summed E-state index contributed by atoms with van der Waals surface area (Å²) in [5.41, 5.74) is -0.457. The van der Waals surface area contributed by atoms with E-state index in [9.17, 15) is 14.4 Å². The third kappa shape index (κ3) is 4.59. The van der Waals surface area contributed by atoms with Crippen LogP contribution in [0.2, 0.25) is 0 Å². The number of amides is 1. The highest BCUT2D eigenvalue weighted by Gasteiger charge is 2.22. The van der Waals surface area contributed by atoms with Crippen molar-refractivity contribution in [1.82, 2.24) is 14.5 Å².